The van der Waals surface area contributed by atoms with E-state index in [1.807, 2.05) is 26.0 Å². The van der Waals surface area contributed by atoms with Gasteiger partial charge >= 0.3 is 5.97 Å². The van der Waals surface area contributed by atoms with Crippen molar-refractivity contribution in [2.75, 3.05) is 14.2 Å². The van der Waals surface area contributed by atoms with Crippen molar-refractivity contribution in [2.24, 2.45) is 5.41 Å². The zero-order valence-electron chi connectivity index (χ0n) is 14.0. The molecule has 0 heterocycles. The van der Waals surface area contributed by atoms with Gasteiger partial charge in [-0.25, -0.2) is 0 Å². The number of carboxylic acids is 1. The minimum atomic E-state index is -0.746. The predicted molar refractivity (Wildman–Crippen MR) is 85.2 cm³/mol. The monoisotopic (exact) mass is 282 g/mol. The third kappa shape index (κ3) is 8.70. The molecule has 1 rings (SSSR count). The first-order valence-corrected chi connectivity index (χ1v) is 7.08. The Kier molecular flexibility index (Phi) is 12.0. The molecule has 0 atom stereocenters. The maximum absolute atomic E-state index is 11.0. The molecule has 0 bridgehead atoms. The van der Waals surface area contributed by atoms with Crippen molar-refractivity contribution in [2.45, 2.75) is 47.5 Å². The number of carbonyl (C=O) groups is 1. The van der Waals surface area contributed by atoms with Gasteiger partial charge in [-0.15, -0.1) is 0 Å². The second kappa shape index (κ2) is 11.5. The molecule has 0 aromatic heterocycles. The second-order valence-corrected chi connectivity index (χ2v) is 4.95. The molecule has 20 heavy (non-hydrogen) atoms. The average molecular weight is 282 g/mol. The van der Waals surface area contributed by atoms with Crippen molar-refractivity contribution in [1.29, 1.82) is 0 Å². The van der Waals surface area contributed by atoms with Gasteiger partial charge in [0, 0.05) is 14.2 Å². The van der Waals surface area contributed by atoms with Crippen LogP contribution in [0.1, 0.15) is 45.7 Å². The summed E-state index contributed by atoms with van der Waals surface area (Å²) in [5.41, 5.74) is 1.67. The van der Waals surface area contributed by atoms with Gasteiger partial charge in [-0.2, -0.15) is 0 Å². The fourth-order valence-electron chi connectivity index (χ4n) is 1.55. The van der Waals surface area contributed by atoms with E-state index in [9.17, 15) is 4.79 Å². The van der Waals surface area contributed by atoms with Crippen LogP contribution in [0.15, 0.2) is 24.3 Å². The Morgan fingerprint density at radius 3 is 2.05 bits per heavy atom. The van der Waals surface area contributed by atoms with Gasteiger partial charge in [-0.1, -0.05) is 45.0 Å². The van der Waals surface area contributed by atoms with Crippen LogP contribution < -0.4 is 0 Å². The number of hydrogen-bond donors (Lipinski definition) is 1. The summed E-state index contributed by atoms with van der Waals surface area (Å²) in [6, 6.07) is 8.14. The zero-order chi connectivity index (χ0) is 16.2. The Hall–Kier alpha value is -1.35. The molecular formula is C17H30O3. The van der Waals surface area contributed by atoms with Gasteiger partial charge in [-0.3, -0.25) is 4.79 Å². The quantitative estimate of drug-likeness (QED) is 0.900. The van der Waals surface area contributed by atoms with Crippen LogP contribution in [0, 0.1) is 5.41 Å². The van der Waals surface area contributed by atoms with Crippen molar-refractivity contribution in [3.63, 3.8) is 0 Å². The zero-order valence-corrected chi connectivity index (χ0v) is 14.0. The molecule has 0 unspecified atom stereocenters. The number of methoxy groups -OCH3 is 1. The number of rotatable bonds is 4. The summed E-state index contributed by atoms with van der Waals surface area (Å²) in [6.07, 6.45) is 1.57. The molecule has 0 aliphatic rings. The SMILES string of the molecule is CC.CCc1cccc(CC(C)(C)C(=O)O)c1.COC. The lowest BCUT2D eigenvalue weighted by molar-refractivity contribution is -0.146. The number of benzene rings is 1. The van der Waals surface area contributed by atoms with E-state index < -0.39 is 11.4 Å². The van der Waals surface area contributed by atoms with Crippen LogP contribution >= 0.6 is 0 Å². The average Bonchev–Trinajstić information content (AvgIpc) is 2.41. The van der Waals surface area contributed by atoms with E-state index in [1.165, 1.54) is 5.56 Å². The van der Waals surface area contributed by atoms with Crippen molar-refractivity contribution >= 4 is 5.97 Å². The highest BCUT2D eigenvalue weighted by atomic mass is 16.4. The predicted octanol–water partition coefficient (Wildman–Crippen LogP) is 4.19. The minimum Gasteiger partial charge on any atom is -0.481 e. The third-order valence-electron chi connectivity index (χ3n) is 2.62. The van der Waals surface area contributed by atoms with Crippen molar-refractivity contribution in [3.8, 4) is 0 Å². The van der Waals surface area contributed by atoms with E-state index in [0.717, 1.165) is 12.0 Å². The lowest BCUT2D eigenvalue weighted by Gasteiger charge is -2.19. The lowest BCUT2D eigenvalue weighted by atomic mass is 9.85. The molecule has 1 N–H and O–H groups in total. The topological polar surface area (TPSA) is 46.5 Å². The van der Waals surface area contributed by atoms with Gasteiger partial charge < -0.3 is 9.84 Å². The van der Waals surface area contributed by atoms with Gasteiger partial charge in [0.25, 0.3) is 0 Å². The van der Waals surface area contributed by atoms with Crippen LogP contribution in [-0.4, -0.2) is 25.3 Å². The molecule has 1 aromatic rings. The highest BCUT2D eigenvalue weighted by Crippen LogP contribution is 2.22. The second-order valence-electron chi connectivity index (χ2n) is 4.95. The van der Waals surface area contributed by atoms with E-state index in [4.69, 9.17) is 5.11 Å². The van der Waals surface area contributed by atoms with Crippen LogP contribution in [0.3, 0.4) is 0 Å². The number of ether oxygens (including phenoxy) is 1. The van der Waals surface area contributed by atoms with Gasteiger partial charge in [-0.05, 0) is 37.8 Å². The Bertz CT molecular complexity index is 370. The van der Waals surface area contributed by atoms with Crippen LogP contribution in [-0.2, 0) is 22.4 Å². The summed E-state index contributed by atoms with van der Waals surface area (Å²) in [6.45, 7) is 9.61. The fraction of sp³-hybridized carbons (Fsp3) is 0.588. The summed E-state index contributed by atoms with van der Waals surface area (Å²) in [4.78, 5) is 11.0. The number of aliphatic carboxylic acids is 1. The molecule has 0 radical (unpaired) electrons. The number of aryl methyl sites for hydroxylation is 1. The van der Waals surface area contributed by atoms with Crippen LogP contribution in [0.2, 0.25) is 0 Å². The van der Waals surface area contributed by atoms with Crippen molar-refractivity contribution < 1.29 is 14.6 Å². The van der Waals surface area contributed by atoms with Crippen LogP contribution in [0.25, 0.3) is 0 Å². The Morgan fingerprint density at radius 2 is 1.65 bits per heavy atom. The molecule has 116 valence electrons. The largest absolute Gasteiger partial charge is 0.481 e. The van der Waals surface area contributed by atoms with E-state index in [1.54, 1.807) is 28.1 Å². The summed E-state index contributed by atoms with van der Waals surface area (Å²) in [5, 5.41) is 9.03. The van der Waals surface area contributed by atoms with Gasteiger partial charge in [0.2, 0.25) is 0 Å². The van der Waals surface area contributed by atoms with Gasteiger partial charge in [0.05, 0.1) is 5.41 Å². The summed E-state index contributed by atoms with van der Waals surface area (Å²) in [7, 11) is 3.25. The highest BCUT2D eigenvalue weighted by molar-refractivity contribution is 5.74. The first kappa shape index (κ1) is 21.0. The Morgan fingerprint density at radius 1 is 1.20 bits per heavy atom. The summed E-state index contributed by atoms with van der Waals surface area (Å²) >= 11 is 0. The van der Waals surface area contributed by atoms with Crippen molar-refractivity contribution in [1.82, 2.24) is 0 Å². The van der Waals surface area contributed by atoms with E-state index in [0.29, 0.717) is 6.42 Å². The third-order valence-corrected chi connectivity index (χ3v) is 2.62. The maximum Gasteiger partial charge on any atom is 0.309 e. The first-order chi connectivity index (χ1) is 9.37. The standard InChI is InChI=1S/C13H18O2.C2H6O.C2H6/c1-4-10-6-5-7-11(8-10)9-13(2,3)12(14)15;1-3-2;1-2/h5-8H,4,9H2,1-3H3,(H,14,15);1-2H3;1-2H3. The normalized spacial score (nSPS) is 9.75. The van der Waals surface area contributed by atoms with E-state index in [2.05, 4.69) is 23.8 Å². The number of carboxylic acid groups (broad SMARTS) is 1. The highest BCUT2D eigenvalue weighted by Gasteiger charge is 2.27. The molecule has 0 amide bonds. The Labute approximate surface area is 124 Å². The molecule has 0 aliphatic heterocycles. The van der Waals surface area contributed by atoms with E-state index >= 15 is 0 Å². The molecule has 3 nitrogen and oxygen atoms in total. The van der Waals surface area contributed by atoms with Gasteiger partial charge in [0.1, 0.15) is 0 Å². The molecular weight excluding hydrogens is 252 g/mol. The molecule has 0 fully saturated rings. The van der Waals surface area contributed by atoms with Crippen molar-refractivity contribution in [3.05, 3.63) is 35.4 Å². The Balaban J connectivity index is 0. The van der Waals surface area contributed by atoms with Crippen LogP contribution in [0.4, 0.5) is 0 Å². The smallest absolute Gasteiger partial charge is 0.309 e. The summed E-state index contributed by atoms with van der Waals surface area (Å²) in [5.74, 6) is -0.746. The molecule has 3 heteroatoms. The molecule has 0 saturated heterocycles. The van der Waals surface area contributed by atoms with E-state index in [-0.39, 0.29) is 0 Å². The molecule has 0 aliphatic carbocycles. The maximum atomic E-state index is 11.0. The fourth-order valence-corrected chi connectivity index (χ4v) is 1.55. The minimum absolute atomic E-state index is 0.580. The molecule has 0 spiro atoms. The number of hydrogen-bond acceptors (Lipinski definition) is 2. The first-order valence-electron chi connectivity index (χ1n) is 7.08. The molecule has 0 saturated carbocycles. The summed E-state index contributed by atoms with van der Waals surface area (Å²) < 4.78 is 4.25. The van der Waals surface area contributed by atoms with Gasteiger partial charge in [0.15, 0.2) is 0 Å². The lowest BCUT2D eigenvalue weighted by Crippen LogP contribution is -2.26. The molecule has 1 aromatic carbocycles. The van der Waals surface area contributed by atoms with Crippen LogP contribution in [0.5, 0.6) is 0 Å².